The molecule has 0 aliphatic carbocycles. The summed E-state index contributed by atoms with van der Waals surface area (Å²) in [6, 6.07) is 16.4. The zero-order chi connectivity index (χ0) is 29.4. The third-order valence-electron chi connectivity index (χ3n) is 6.40. The van der Waals surface area contributed by atoms with Gasteiger partial charge in [0.1, 0.15) is 18.4 Å². The molecule has 0 heterocycles. The van der Waals surface area contributed by atoms with Gasteiger partial charge in [-0.1, -0.05) is 67.4 Å². The smallest absolute Gasteiger partial charge is 0.264 e. The van der Waals surface area contributed by atoms with Crippen molar-refractivity contribution in [3.63, 3.8) is 0 Å². The maximum atomic E-state index is 14.0. The summed E-state index contributed by atoms with van der Waals surface area (Å²) in [5.41, 5.74) is 0.668. The summed E-state index contributed by atoms with van der Waals surface area (Å²) in [6.45, 7) is 4.87. The second-order valence-electron chi connectivity index (χ2n) is 9.34. The summed E-state index contributed by atoms with van der Waals surface area (Å²) < 4.78 is 42.2. The summed E-state index contributed by atoms with van der Waals surface area (Å²) in [5, 5.41) is 3.28. The van der Waals surface area contributed by atoms with E-state index in [1.165, 1.54) is 59.5 Å². The van der Waals surface area contributed by atoms with Gasteiger partial charge in [0, 0.05) is 22.6 Å². The van der Waals surface area contributed by atoms with Gasteiger partial charge in [0.05, 0.1) is 10.6 Å². The standard InChI is InChI=1S/C29H32Cl2FN3O4S/c1-4-20(3)33-29(37)27(5-2)34(18-21-11-13-24(32)14-12-21)28(36)19-35(25-16-22(30)15-23(31)17-25)40(38,39)26-9-7-6-8-10-26/h6-17,20,27H,4-5,18-19H2,1-3H3,(H,33,37)/t20-,27-/m1/s1. The Morgan fingerprint density at radius 1 is 0.925 bits per heavy atom. The molecule has 40 heavy (non-hydrogen) atoms. The second kappa shape index (κ2) is 14.0. The first-order valence-corrected chi connectivity index (χ1v) is 15.0. The highest BCUT2D eigenvalue weighted by Crippen LogP contribution is 2.30. The predicted octanol–water partition coefficient (Wildman–Crippen LogP) is 6.05. The zero-order valence-electron chi connectivity index (χ0n) is 22.5. The molecule has 0 saturated heterocycles. The van der Waals surface area contributed by atoms with E-state index in [9.17, 15) is 22.4 Å². The SMILES string of the molecule is CC[C@@H](C)NC(=O)[C@@H](CC)N(Cc1ccc(F)cc1)C(=O)CN(c1cc(Cl)cc(Cl)c1)S(=O)(=O)c1ccccc1. The Morgan fingerprint density at radius 2 is 1.52 bits per heavy atom. The van der Waals surface area contributed by atoms with E-state index in [1.54, 1.807) is 25.1 Å². The molecular weight excluding hydrogens is 576 g/mol. The Kier molecular flexibility index (Phi) is 11.0. The van der Waals surface area contributed by atoms with E-state index in [4.69, 9.17) is 23.2 Å². The lowest BCUT2D eigenvalue weighted by molar-refractivity contribution is -0.140. The summed E-state index contributed by atoms with van der Waals surface area (Å²) in [5.74, 6) is -1.44. The van der Waals surface area contributed by atoms with Crippen LogP contribution >= 0.6 is 23.2 Å². The molecule has 3 aromatic carbocycles. The average Bonchev–Trinajstić information content (AvgIpc) is 2.92. The number of hydrogen-bond acceptors (Lipinski definition) is 4. The molecule has 0 spiro atoms. The van der Waals surface area contributed by atoms with Gasteiger partial charge in [-0.25, -0.2) is 12.8 Å². The van der Waals surface area contributed by atoms with Gasteiger partial charge in [0.2, 0.25) is 11.8 Å². The predicted molar refractivity (Wildman–Crippen MR) is 156 cm³/mol. The van der Waals surface area contributed by atoms with Crippen molar-refractivity contribution in [3.8, 4) is 0 Å². The summed E-state index contributed by atoms with van der Waals surface area (Å²) in [6.07, 6.45) is 0.955. The molecule has 1 N–H and O–H groups in total. The van der Waals surface area contributed by atoms with Gasteiger partial charge in [-0.3, -0.25) is 13.9 Å². The first-order chi connectivity index (χ1) is 19.0. The Bertz CT molecular complexity index is 1400. The molecule has 3 aromatic rings. The summed E-state index contributed by atoms with van der Waals surface area (Å²) in [7, 11) is -4.25. The Balaban J connectivity index is 2.07. The molecule has 0 fully saturated rings. The van der Waals surface area contributed by atoms with Crippen molar-refractivity contribution in [2.24, 2.45) is 0 Å². The minimum atomic E-state index is -4.25. The molecule has 0 radical (unpaired) electrons. The summed E-state index contributed by atoms with van der Waals surface area (Å²) in [4.78, 5) is 28.6. The van der Waals surface area contributed by atoms with Crippen LogP contribution in [0.1, 0.15) is 39.2 Å². The van der Waals surface area contributed by atoms with Gasteiger partial charge in [0.15, 0.2) is 0 Å². The van der Waals surface area contributed by atoms with Crippen molar-refractivity contribution in [1.82, 2.24) is 10.2 Å². The van der Waals surface area contributed by atoms with Crippen LogP contribution in [0.3, 0.4) is 0 Å². The highest BCUT2D eigenvalue weighted by molar-refractivity contribution is 7.92. The highest BCUT2D eigenvalue weighted by Gasteiger charge is 2.34. The second-order valence-corrected chi connectivity index (χ2v) is 12.1. The number of carbonyl (C=O) groups is 2. The molecule has 11 heteroatoms. The van der Waals surface area contributed by atoms with E-state index in [0.29, 0.717) is 12.0 Å². The van der Waals surface area contributed by atoms with Crippen LogP contribution in [0.5, 0.6) is 0 Å². The number of nitrogens with one attached hydrogen (secondary N) is 1. The number of anilines is 1. The van der Waals surface area contributed by atoms with Crippen LogP contribution in [-0.2, 0) is 26.2 Å². The lowest BCUT2D eigenvalue weighted by Gasteiger charge is -2.33. The van der Waals surface area contributed by atoms with Gasteiger partial charge in [-0.05, 0) is 67.8 Å². The molecule has 0 aliphatic rings. The largest absolute Gasteiger partial charge is 0.352 e. The summed E-state index contributed by atoms with van der Waals surface area (Å²) >= 11 is 12.4. The number of benzene rings is 3. The highest BCUT2D eigenvalue weighted by atomic mass is 35.5. The van der Waals surface area contributed by atoms with Crippen LogP contribution in [0.25, 0.3) is 0 Å². The fraction of sp³-hybridized carbons (Fsp3) is 0.310. The van der Waals surface area contributed by atoms with Crippen molar-refractivity contribution in [1.29, 1.82) is 0 Å². The van der Waals surface area contributed by atoms with Crippen molar-refractivity contribution >= 4 is 50.7 Å². The van der Waals surface area contributed by atoms with Crippen molar-refractivity contribution in [2.75, 3.05) is 10.8 Å². The average molecular weight is 609 g/mol. The van der Waals surface area contributed by atoms with Crippen molar-refractivity contribution in [2.45, 2.75) is 57.1 Å². The lowest BCUT2D eigenvalue weighted by atomic mass is 10.1. The Hall–Kier alpha value is -3.14. The minimum absolute atomic E-state index is 0.0365. The maximum Gasteiger partial charge on any atom is 0.264 e. The molecule has 0 aliphatic heterocycles. The number of carbonyl (C=O) groups excluding carboxylic acids is 2. The van der Waals surface area contributed by atoms with Crippen molar-refractivity contribution in [3.05, 3.63) is 94.2 Å². The van der Waals surface area contributed by atoms with Gasteiger partial charge in [-0.2, -0.15) is 0 Å². The van der Waals surface area contributed by atoms with Crippen molar-refractivity contribution < 1.29 is 22.4 Å². The van der Waals surface area contributed by atoms with E-state index in [0.717, 1.165) is 4.31 Å². The third-order valence-corrected chi connectivity index (χ3v) is 8.62. The molecule has 0 bridgehead atoms. The van der Waals surface area contributed by atoms with Crippen LogP contribution in [0, 0.1) is 5.82 Å². The topological polar surface area (TPSA) is 86.8 Å². The molecule has 0 aromatic heterocycles. The van der Waals surface area contributed by atoms with E-state index in [-0.39, 0.29) is 45.5 Å². The number of rotatable bonds is 12. The van der Waals surface area contributed by atoms with E-state index in [2.05, 4.69) is 5.32 Å². The van der Waals surface area contributed by atoms with Crippen LogP contribution in [0.4, 0.5) is 10.1 Å². The first-order valence-electron chi connectivity index (χ1n) is 12.8. The van der Waals surface area contributed by atoms with Crippen LogP contribution in [0.2, 0.25) is 10.0 Å². The fourth-order valence-electron chi connectivity index (χ4n) is 4.08. The van der Waals surface area contributed by atoms with E-state index < -0.39 is 34.3 Å². The number of hydrogen-bond donors (Lipinski definition) is 1. The molecule has 7 nitrogen and oxygen atoms in total. The first kappa shape index (κ1) is 31.4. The molecule has 2 amide bonds. The van der Waals surface area contributed by atoms with E-state index in [1.807, 2.05) is 13.8 Å². The van der Waals surface area contributed by atoms with Crippen LogP contribution < -0.4 is 9.62 Å². The maximum absolute atomic E-state index is 14.0. The number of sulfonamides is 1. The lowest BCUT2D eigenvalue weighted by Crippen LogP contribution is -2.53. The molecule has 214 valence electrons. The molecule has 2 atom stereocenters. The van der Waals surface area contributed by atoms with Gasteiger partial charge >= 0.3 is 0 Å². The van der Waals surface area contributed by atoms with Gasteiger partial charge in [-0.15, -0.1) is 0 Å². The molecule has 0 unspecified atom stereocenters. The normalized spacial score (nSPS) is 12.8. The number of nitrogens with zero attached hydrogens (tertiary/aromatic N) is 2. The fourth-order valence-corrected chi connectivity index (χ4v) is 6.01. The Labute approximate surface area is 244 Å². The van der Waals surface area contributed by atoms with Crippen LogP contribution in [0.15, 0.2) is 77.7 Å². The molecule has 3 rings (SSSR count). The minimum Gasteiger partial charge on any atom is -0.352 e. The Morgan fingerprint density at radius 3 is 2.08 bits per heavy atom. The zero-order valence-corrected chi connectivity index (χ0v) is 24.8. The van der Waals surface area contributed by atoms with Gasteiger partial charge in [0.25, 0.3) is 10.0 Å². The number of halogens is 3. The third kappa shape index (κ3) is 7.96. The quantitative estimate of drug-likeness (QED) is 0.271. The van der Waals surface area contributed by atoms with Gasteiger partial charge < -0.3 is 10.2 Å². The van der Waals surface area contributed by atoms with E-state index >= 15 is 0 Å². The monoisotopic (exact) mass is 607 g/mol. The number of amides is 2. The molecular formula is C29H32Cl2FN3O4S. The van der Waals surface area contributed by atoms with Crippen LogP contribution in [-0.4, -0.2) is 43.8 Å². The molecule has 0 saturated carbocycles.